The van der Waals surface area contributed by atoms with Crippen LogP contribution in [0.5, 0.6) is 0 Å². The van der Waals surface area contributed by atoms with Crippen LogP contribution in [0, 0.1) is 6.92 Å². The zero-order valence-corrected chi connectivity index (χ0v) is 15.3. The van der Waals surface area contributed by atoms with E-state index in [0.717, 1.165) is 22.4 Å². The Morgan fingerprint density at radius 3 is 2.33 bits per heavy atom. The van der Waals surface area contributed by atoms with Crippen molar-refractivity contribution in [3.05, 3.63) is 82.6 Å². The van der Waals surface area contributed by atoms with Crippen molar-refractivity contribution in [2.45, 2.75) is 23.4 Å². The first kappa shape index (κ1) is 18.5. The number of carbonyl (C=O) groups is 1. The minimum atomic E-state index is -3.88. The molecule has 1 amide bonds. The summed E-state index contributed by atoms with van der Waals surface area (Å²) in [5.41, 5.74) is 1.05. The molecule has 0 fully saturated rings. The topological polar surface area (TPSA) is 98.1 Å². The van der Waals surface area contributed by atoms with Crippen LogP contribution in [0.25, 0.3) is 0 Å². The third-order valence-corrected chi connectivity index (χ3v) is 5.46. The molecule has 0 radical (unpaired) electrons. The van der Waals surface area contributed by atoms with E-state index in [4.69, 9.17) is 0 Å². The van der Waals surface area contributed by atoms with Crippen LogP contribution in [-0.2, 0) is 21.2 Å². The van der Waals surface area contributed by atoms with Crippen LogP contribution in [0.2, 0.25) is 0 Å². The molecule has 0 spiro atoms. The van der Waals surface area contributed by atoms with E-state index in [0.29, 0.717) is 5.69 Å². The Hall–Kier alpha value is -3.26. The average Bonchev–Trinajstić information content (AvgIpc) is 2.66. The van der Waals surface area contributed by atoms with Crippen molar-refractivity contribution in [1.82, 2.24) is 9.78 Å². The van der Waals surface area contributed by atoms with Crippen LogP contribution in [0.3, 0.4) is 0 Å². The number of benzene rings is 2. The van der Waals surface area contributed by atoms with Crippen molar-refractivity contribution in [3.8, 4) is 0 Å². The zero-order chi connectivity index (χ0) is 19.4. The fourth-order valence-electron chi connectivity index (χ4n) is 2.38. The lowest BCUT2D eigenvalue weighted by Crippen LogP contribution is -2.30. The van der Waals surface area contributed by atoms with E-state index < -0.39 is 27.8 Å². The van der Waals surface area contributed by atoms with Gasteiger partial charge in [-0.1, -0.05) is 35.9 Å². The number of carbonyl (C=O) groups excluding carboxylic acids is 1. The Labute approximate surface area is 156 Å². The van der Waals surface area contributed by atoms with E-state index in [-0.39, 0.29) is 9.92 Å². The molecule has 7 nitrogen and oxygen atoms in total. The standard InChI is InChI=1S/C19H17N3O4S/c1-14-7-9-15(10-8-14)20-17(23)13-22-19(24)12-11-18(21-22)27(25,26)16-5-3-2-4-6-16/h2-12H,13H2,1H3,(H,20,23). The van der Waals surface area contributed by atoms with Crippen molar-refractivity contribution in [3.63, 3.8) is 0 Å². The summed E-state index contributed by atoms with van der Waals surface area (Å²) < 4.78 is 26.1. The molecule has 0 aliphatic rings. The highest BCUT2D eigenvalue weighted by molar-refractivity contribution is 7.91. The van der Waals surface area contributed by atoms with Gasteiger partial charge < -0.3 is 5.32 Å². The number of nitrogens with one attached hydrogen (secondary N) is 1. The Kier molecular flexibility index (Phi) is 5.18. The molecular weight excluding hydrogens is 366 g/mol. The highest BCUT2D eigenvalue weighted by Gasteiger charge is 2.20. The summed E-state index contributed by atoms with van der Waals surface area (Å²) >= 11 is 0. The van der Waals surface area contributed by atoms with E-state index in [2.05, 4.69) is 10.4 Å². The van der Waals surface area contributed by atoms with Crippen molar-refractivity contribution in [2.24, 2.45) is 0 Å². The molecule has 3 aromatic rings. The molecule has 0 aliphatic heterocycles. The number of anilines is 1. The van der Waals surface area contributed by atoms with Crippen molar-refractivity contribution >= 4 is 21.4 Å². The van der Waals surface area contributed by atoms with Gasteiger partial charge in [-0.25, -0.2) is 13.1 Å². The molecule has 0 bridgehead atoms. The maximum absolute atomic E-state index is 12.6. The summed E-state index contributed by atoms with van der Waals surface area (Å²) in [7, 11) is -3.88. The number of amides is 1. The zero-order valence-electron chi connectivity index (χ0n) is 14.5. The second-order valence-corrected chi connectivity index (χ2v) is 7.79. The molecular formula is C19H17N3O4S. The summed E-state index contributed by atoms with van der Waals surface area (Å²) in [5, 5.41) is 6.22. The van der Waals surface area contributed by atoms with Gasteiger partial charge in [-0.3, -0.25) is 9.59 Å². The Morgan fingerprint density at radius 2 is 1.67 bits per heavy atom. The van der Waals surface area contributed by atoms with Gasteiger partial charge in [0.05, 0.1) is 4.90 Å². The third-order valence-electron chi connectivity index (χ3n) is 3.80. The second kappa shape index (κ2) is 7.55. The molecule has 0 saturated heterocycles. The number of aromatic nitrogens is 2. The summed E-state index contributed by atoms with van der Waals surface area (Å²) in [4.78, 5) is 24.2. The summed E-state index contributed by atoms with van der Waals surface area (Å²) in [6.45, 7) is 1.53. The largest absolute Gasteiger partial charge is 0.324 e. The van der Waals surface area contributed by atoms with Crippen LogP contribution in [0.15, 0.2) is 81.4 Å². The van der Waals surface area contributed by atoms with Gasteiger partial charge >= 0.3 is 0 Å². The predicted molar refractivity (Wildman–Crippen MR) is 100 cm³/mol. The summed E-state index contributed by atoms with van der Waals surface area (Å²) in [5.74, 6) is -0.484. The molecule has 1 N–H and O–H groups in total. The molecule has 0 aliphatic carbocycles. The first-order valence-corrected chi connectivity index (χ1v) is 9.59. The lowest BCUT2D eigenvalue weighted by atomic mass is 10.2. The molecule has 3 rings (SSSR count). The van der Waals surface area contributed by atoms with Gasteiger partial charge in [0.2, 0.25) is 15.7 Å². The van der Waals surface area contributed by atoms with Crippen LogP contribution in [0.4, 0.5) is 5.69 Å². The van der Waals surface area contributed by atoms with Crippen LogP contribution < -0.4 is 10.9 Å². The normalized spacial score (nSPS) is 11.1. The molecule has 27 heavy (non-hydrogen) atoms. The van der Waals surface area contributed by atoms with Crippen LogP contribution in [0.1, 0.15) is 5.56 Å². The highest BCUT2D eigenvalue weighted by atomic mass is 32.2. The summed E-state index contributed by atoms with van der Waals surface area (Å²) in [6.07, 6.45) is 0. The number of hydrogen-bond acceptors (Lipinski definition) is 5. The van der Waals surface area contributed by atoms with Crippen LogP contribution >= 0.6 is 0 Å². The van der Waals surface area contributed by atoms with Gasteiger partial charge in [0.1, 0.15) is 6.54 Å². The number of aryl methyl sites for hydroxylation is 1. The molecule has 0 saturated carbocycles. The smallest absolute Gasteiger partial charge is 0.267 e. The van der Waals surface area contributed by atoms with Gasteiger partial charge in [0.25, 0.3) is 5.56 Å². The fraction of sp³-hybridized carbons (Fsp3) is 0.105. The van der Waals surface area contributed by atoms with E-state index in [1.54, 1.807) is 30.3 Å². The fourth-order valence-corrected chi connectivity index (χ4v) is 3.59. The maximum atomic E-state index is 12.6. The van der Waals surface area contributed by atoms with Crippen LogP contribution in [-0.4, -0.2) is 24.1 Å². The van der Waals surface area contributed by atoms with Gasteiger partial charge in [0, 0.05) is 11.8 Å². The van der Waals surface area contributed by atoms with Crippen molar-refractivity contribution < 1.29 is 13.2 Å². The Bertz CT molecular complexity index is 1120. The molecule has 8 heteroatoms. The quantitative estimate of drug-likeness (QED) is 0.727. The predicted octanol–water partition coefficient (Wildman–Crippen LogP) is 2.02. The Balaban J connectivity index is 1.84. The lowest BCUT2D eigenvalue weighted by molar-refractivity contribution is -0.117. The summed E-state index contributed by atoms with van der Waals surface area (Å²) in [6, 6.07) is 17.1. The highest BCUT2D eigenvalue weighted by Crippen LogP contribution is 2.17. The van der Waals surface area contributed by atoms with Gasteiger partial charge in [-0.05, 0) is 37.3 Å². The van der Waals surface area contributed by atoms with Crippen molar-refractivity contribution in [2.75, 3.05) is 5.32 Å². The van der Waals surface area contributed by atoms with Gasteiger partial charge in [0.15, 0.2) is 5.03 Å². The molecule has 1 aromatic heterocycles. The van der Waals surface area contributed by atoms with E-state index in [9.17, 15) is 18.0 Å². The molecule has 1 heterocycles. The van der Waals surface area contributed by atoms with Gasteiger partial charge in [-0.15, -0.1) is 0 Å². The average molecular weight is 383 g/mol. The minimum Gasteiger partial charge on any atom is -0.324 e. The number of sulfone groups is 1. The molecule has 0 unspecified atom stereocenters. The lowest BCUT2D eigenvalue weighted by Gasteiger charge is -2.09. The maximum Gasteiger partial charge on any atom is 0.267 e. The van der Waals surface area contributed by atoms with E-state index >= 15 is 0 Å². The molecule has 0 atom stereocenters. The SMILES string of the molecule is Cc1ccc(NC(=O)Cn2nc(S(=O)(=O)c3ccccc3)ccc2=O)cc1. The second-order valence-electron chi connectivity index (χ2n) is 5.90. The third kappa shape index (κ3) is 4.29. The molecule has 138 valence electrons. The number of rotatable bonds is 5. The van der Waals surface area contributed by atoms with Gasteiger partial charge in [-0.2, -0.15) is 5.10 Å². The van der Waals surface area contributed by atoms with E-state index in [1.165, 1.54) is 12.1 Å². The minimum absolute atomic E-state index is 0.0619. The Morgan fingerprint density at radius 1 is 1.00 bits per heavy atom. The number of hydrogen-bond donors (Lipinski definition) is 1. The number of nitrogens with zero attached hydrogens (tertiary/aromatic N) is 2. The van der Waals surface area contributed by atoms with Crippen molar-refractivity contribution in [1.29, 1.82) is 0 Å². The first-order valence-electron chi connectivity index (χ1n) is 8.11. The first-order chi connectivity index (χ1) is 12.9. The molecule has 2 aromatic carbocycles. The monoisotopic (exact) mass is 383 g/mol. The van der Waals surface area contributed by atoms with E-state index in [1.807, 2.05) is 19.1 Å².